The third kappa shape index (κ3) is 7.11. The van der Waals surface area contributed by atoms with Gasteiger partial charge in [0.15, 0.2) is 0 Å². The molecule has 1 saturated heterocycles. The number of hydrogen-bond acceptors (Lipinski definition) is 6. The molecule has 0 bridgehead atoms. The van der Waals surface area contributed by atoms with Crippen LogP contribution in [0.4, 0.5) is 26.3 Å². The molecule has 0 spiro atoms. The summed E-state index contributed by atoms with van der Waals surface area (Å²) in [6, 6.07) is 14.5. The van der Waals surface area contributed by atoms with Gasteiger partial charge in [0.05, 0.1) is 13.0 Å². The van der Waals surface area contributed by atoms with E-state index >= 15 is 0 Å². The van der Waals surface area contributed by atoms with Gasteiger partial charge in [0.2, 0.25) is 0 Å². The summed E-state index contributed by atoms with van der Waals surface area (Å²) in [6.45, 7) is 5.47. The standard InChI is InChI=1S/C30H31F6N3O3/c1-2-42-27(40)17-26-20-38(15-16-39(26)19-22-11-13-37-14-12-22)18-21-3-5-23(6-4-21)24-7-9-25(10-8-24)28(41,29(31,32)33)30(34,35)36/h3-14,26,41H,2,15-20H2,1H3/t26-/m1/s1. The molecule has 1 N–H and O–H groups in total. The first-order chi connectivity index (χ1) is 19.8. The molecule has 6 nitrogen and oxygen atoms in total. The number of pyridine rings is 1. The van der Waals surface area contributed by atoms with E-state index in [0.29, 0.717) is 49.5 Å². The van der Waals surface area contributed by atoms with Crippen LogP contribution in [0.1, 0.15) is 30.0 Å². The maximum Gasteiger partial charge on any atom is 0.430 e. The molecule has 3 aromatic rings. The van der Waals surface area contributed by atoms with Crippen LogP contribution >= 0.6 is 0 Å². The number of ether oxygens (including phenoxy) is 1. The number of benzene rings is 2. The Kier molecular flexibility index (Phi) is 9.59. The van der Waals surface area contributed by atoms with E-state index in [1.807, 2.05) is 24.3 Å². The first kappa shape index (κ1) is 31.5. The highest BCUT2D eigenvalue weighted by atomic mass is 19.4. The van der Waals surface area contributed by atoms with E-state index in [1.54, 1.807) is 31.5 Å². The number of halogens is 6. The van der Waals surface area contributed by atoms with Gasteiger partial charge < -0.3 is 9.84 Å². The molecular weight excluding hydrogens is 564 g/mol. The molecule has 1 aliphatic rings. The lowest BCUT2D eigenvalue weighted by atomic mass is 9.90. The zero-order valence-electron chi connectivity index (χ0n) is 22.8. The summed E-state index contributed by atoms with van der Waals surface area (Å²) >= 11 is 0. The molecule has 12 heteroatoms. The lowest BCUT2D eigenvalue weighted by Crippen LogP contribution is -2.53. The highest BCUT2D eigenvalue weighted by molar-refractivity contribution is 5.70. The van der Waals surface area contributed by atoms with Crippen LogP contribution < -0.4 is 0 Å². The van der Waals surface area contributed by atoms with Crippen LogP contribution in [-0.4, -0.2) is 70.5 Å². The Morgan fingerprint density at radius 1 is 0.857 bits per heavy atom. The summed E-state index contributed by atoms with van der Waals surface area (Å²) in [6.07, 6.45) is -8.16. The molecule has 42 heavy (non-hydrogen) atoms. The molecule has 2 aromatic carbocycles. The summed E-state index contributed by atoms with van der Waals surface area (Å²) in [5, 5.41) is 9.61. The number of nitrogens with zero attached hydrogens (tertiary/aromatic N) is 3. The molecule has 1 aliphatic heterocycles. The van der Waals surface area contributed by atoms with Crippen molar-refractivity contribution in [1.82, 2.24) is 14.8 Å². The van der Waals surface area contributed by atoms with Gasteiger partial charge in [-0.05, 0) is 41.3 Å². The number of aromatic nitrogens is 1. The lowest BCUT2D eigenvalue weighted by molar-refractivity contribution is -0.376. The zero-order valence-corrected chi connectivity index (χ0v) is 22.8. The van der Waals surface area contributed by atoms with Gasteiger partial charge in [-0.15, -0.1) is 0 Å². The molecule has 0 saturated carbocycles. The third-order valence-electron chi connectivity index (χ3n) is 7.35. The number of carbonyl (C=O) groups is 1. The van der Waals surface area contributed by atoms with E-state index in [4.69, 9.17) is 4.74 Å². The highest BCUT2D eigenvalue weighted by Crippen LogP contribution is 2.50. The Morgan fingerprint density at radius 3 is 1.95 bits per heavy atom. The van der Waals surface area contributed by atoms with Crippen molar-refractivity contribution < 1.29 is 41.0 Å². The number of aliphatic hydroxyl groups is 1. The number of carbonyl (C=O) groups excluding carboxylic acids is 1. The molecule has 0 aliphatic carbocycles. The van der Waals surface area contributed by atoms with Crippen LogP contribution in [0.3, 0.4) is 0 Å². The van der Waals surface area contributed by atoms with Crippen molar-refractivity contribution in [1.29, 1.82) is 0 Å². The highest BCUT2D eigenvalue weighted by Gasteiger charge is 2.71. The number of esters is 1. The van der Waals surface area contributed by atoms with E-state index < -0.39 is 23.5 Å². The average molecular weight is 596 g/mol. The van der Waals surface area contributed by atoms with Crippen molar-refractivity contribution >= 4 is 5.97 Å². The first-order valence-corrected chi connectivity index (χ1v) is 13.4. The average Bonchev–Trinajstić information content (AvgIpc) is 2.94. The summed E-state index contributed by atoms with van der Waals surface area (Å²) in [4.78, 5) is 20.9. The Labute approximate surface area is 239 Å². The van der Waals surface area contributed by atoms with Gasteiger partial charge in [-0.3, -0.25) is 19.6 Å². The smallest absolute Gasteiger partial charge is 0.430 e. The summed E-state index contributed by atoms with van der Waals surface area (Å²) in [7, 11) is 0. The lowest BCUT2D eigenvalue weighted by Gasteiger charge is -2.41. The van der Waals surface area contributed by atoms with E-state index in [2.05, 4.69) is 14.8 Å². The minimum absolute atomic E-state index is 0.0595. The summed E-state index contributed by atoms with van der Waals surface area (Å²) in [5.74, 6) is -0.261. The van der Waals surface area contributed by atoms with Gasteiger partial charge >= 0.3 is 18.3 Å². The maximum absolute atomic E-state index is 13.2. The third-order valence-corrected chi connectivity index (χ3v) is 7.35. The minimum Gasteiger partial charge on any atom is -0.466 e. The molecule has 0 unspecified atom stereocenters. The topological polar surface area (TPSA) is 65.9 Å². The largest absolute Gasteiger partial charge is 0.466 e. The van der Waals surface area contributed by atoms with E-state index in [1.165, 1.54) is 0 Å². The van der Waals surface area contributed by atoms with E-state index in [9.17, 15) is 36.2 Å². The second-order valence-corrected chi connectivity index (χ2v) is 10.2. The predicted molar refractivity (Wildman–Crippen MR) is 143 cm³/mol. The zero-order chi connectivity index (χ0) is 30.5. The van der Waals surface area contributed by atoms with Crippen molar-refractivity contribution in [2.45, 2.75) is 50.4 Å². The molecule has 4 rings (SSSR count). The SMILES string of the molecule is CCOC(=O)C[C@@H]1CN(Cc2ccc(-c3ccc(C(O)(C(F)(F)F)C(F)(F)F)cc3)cc2)CCN1Cc1ccncc1. The molecule has 0 amide bonds. The van der Waals surface area contributed by atoms with Crippen molar-refractivity contribution in [2.24, 2.45) is 0 Å². The van der Waals surface area contributed by atoms with Crippen molar-refractivity contribution in [3.63, 3.8) is 0 Å². The van der Waals surface area contributed by atoms with Crippen molar-refractivity contribution in [3.05, 3.63) is 89.7 Å². The first-order valence-electron chi connectivity index (χ1n) is 13.4. The van der Waals surface area contributed by atoms with Crippen LogP contribution in [0.5, 0.6) is 0 Å². The predicted octanol–water partition coefficient (Wildman–Crippen LogP) is 5.70. The van der Waals surface area contributed by atoms with Crippen LogP contribution in [-0.2, 0) is 28.2 Å². The van der Waals surface area contributed by atoms with Crippen LogP contribution in [0.15, 0.2) is 73.1 Å². The van der Waals surface area contributed by atoms with Gasteiger partial charge in [-0.25, -0.2) is 0 Å². The molecule has 1 atom stereocenters. The second kappa shape index (κ2) is 12.8. The summed E-state index contributed by atoms with van der Waals surface area (Å²) < 4.78 is 84.3. The van der Waals surface area contributed by atoms with Gasteiger partial charge in [-0.1, -0.05) is 48.5 Å². The molecule has 1 fully saturated rings. The maximum atomic E-state index is 13.2. The van der Waals surface area contributed by atoms with Crippen LogP contribution in [0.2, 0.25) is 0 Å². The van der Waals surface area contributed by atoms with Crippen LogP contribution in [0.25, 0.3) is 11.1 Å². The van der Waals surface area contributed by atoms with Gasteiger partial charge in [0.25, 0.3) is 5.60 Å². The number of piperazine rings is 1. The Morgan fingerprint density at radius 2 is 1.40 bits per heavy atom. The number of rotatable bonds is 9. The molecule has 0 radical (unpaired) electrons. The fourth-order valence-corrected chi connectivity index (χ4v) is 5.09. The normalized spacial score (nSPS) is 17.3. The van der Waals surface area contributed by atoms with Crippen molar-refractivity contribution in [2.75, 3.05) is 26.2 Å². The molecule has 2 heterocycles. The van der Waals surface area contributed by atoms with E-state index in [-0.39, 0.29) is 18.4 Å². The van der Waals surface area contributed by atoms with Crippen molar-refractivity contribution in [3.8, 4) is 11.1 Å². The second-order valence-electron chi connectivity index (χ2n) is 10.2. The van der Waals surface area contributed by atoms with Crippen LogP contribution in [0, 0.1) is 0 Å². The fraction of sp³-hybridized carbons (Fsp3) is 0.400. The summed E-state index contributed by atoms with van der Waals surface area (Å²) in [5.41, 5.74) is -3.22. The number of hydrogen-bond donors (Lipinski definition) is 1. The quantitative estimate of drug-likeness (QED) is 0.253. The van der Waals surface area contributed by atoms with E-state index in [0.717, 1.165) is 36.3 Å². The Bertz CT molecular complexity index is 1300. The molecular formula is C30H31F6N3O3. The monoisotopic (exact) mass is 595 g/mol. The minimum atomic E-state index is -5.94. The Hall–Kier alpha value is -3.48. The van der Waals surface area contributed by atoms with Gasteiger partial charge in [0.1, 0.15) is 0 Å². The van der Waals surface area contributed by atoms with Gasteiger partial charge in [-0.2, -0.15) is 26.3 Å². The molecule has 1 aromatic heterocycles. The Balaban J connectivity index is 1.43. The molecule has 226 valence electrons. The number of alkyl halides is 6. The fourth-order valence-electron chi connectivity index (χ4n) is 5.09. The van der Waals surface area contributed by atoms with Gasteiger partial charge in [0, 0.05) is 56.7 Å².